The Kier molecular flexibility index (Phi) is 3.63. The molecule has 2 heteroatoms. The van der Waals surface area contributed by atoms with Crippen molar-refractivity contribution in [2.45, 2.75) is 34.1 Å². The van der Waals surface area contributed by atoms with Crippen LogP contribution in [0.2, 0.25) is 0 Å². The van der Waals surface area contributed by atoms with E-state index in [2.05, 4.69) is 6.58 Å². The molecule has 0 bridgehead atoms. The van der Waals surface area contributed by atoms with Crippen LogP contribution in [0.4, 0.5) is 0 Å². The summed E-state index contributed by atoms with van der Waals surface area (Å²) in [6, 6.07) is 0. The van der Waals surface area contributed by atoms with E-state index in [1.54, 1.807) is 6.92 Å². The number of allylic oxidation sites excluding steroid dienone is 5. The molecule has 0 N–H and O–H groups in total. The monoisotopic (exact) mass is 218 g/mol. The zero-order chi connectivity index (χ0) is 12.5. The average molecular weight is 218 g/mol. The molecule has 0 amide bonds. The summed E-state index contributed by atoms with van der Waals surface area (Å²) in [4.78, 5) is 23.9. The quantitative estimate of drug-likeness (QED) is 0.539. The van der Waals surface area contributed by atoms with Gasteiger partial charge in [-0.3, -0.25) is 9.59 Å². The maximum absolute atomic E-state index is 12.0. The topological polar surface area (TPSA) is 34.1 Å². The zero-order valence-corrected chi connectivity index (χ0v) is 10.4. The zero-order valence-electron chi connectivity index (χ0n) is 10.4. The lowest BCUT2D eigenvalue weighted by Crippen LogP contribution is -2.21. The van der Waals surface area contributed by atoms with Gasteiger partial charge in [0.25, 0.3) is 0 Å². The summed E-state index contributed by atoms with van der Waals surface area (Å²) < 4.78 is 0. The van der Waals surface area contributed by atoms with Gasteiger partial charge in [-0.05, 0) is 32.3 Å². The Hall–Kier alpha value is -1.44. The molecule has 1 rings (SSSR count). The van der Waals surface area contributed by atoms with E-state index in [-0.39, 0.29) is 17.5 Å². The fourth-order valence-electron chi connectivity index (χ4n) is 1.93. The second kappa shape index (κ2) is 4.60. The van der Waals surface area contributed by atoms with Gasteiger partial charge in [-0.25, -0.2) is 0 Å². The van der Waals surface area contributed by atoms with Crippen LogP contribution in [0.15, 0.2) is 34.9 Å². The van der Waals surface area contributed by atoms with E-state index in [1.807, 2.05) is 20.8 Å². The number of carbonyl (C=O) groups is 2. The molecule has 0 heterocycles. The van der Waals surface area contributed by atoms with Crippen molar-refractivity contribution in [2.75, 3.05) is 0 Å². The molecule has 0 spiro atoms. The van der Waals surface area contributed by atoms with Gasteiger partial charge in [0.2, 0.25) is 0 Å². The molecule has 0 saturated heterocycles. The summed E-state index contributed by atoms with van der Waals surface area (Å²) in [5.41, 5.74) is 2.73. The molecule has 0 radical (unpaired) electrons. The van der Waals surface area contributed by atoms with Crippen molar-refractivity contribution in [2.24, 2.45) is 5.92 Å². The van der Waals surface area contributed by atoms with E-state index >= 15 is 0 Å². The third kappa shape index (κ3) is 2.38. The molecule has 0 aromatic rings. The largest absolute Gasteiger partial charge is 0.290 e. The molecule has 0 aromatic heterocycles. The highest BCUT2D eigenvalue weighted by Gasteiger charge is 2.27. The van der Waals surface area contributed by atoms with Gasteiger partial charge in [-0.15, -0.1) is 0 Å². The minimum atomic E-state index is -0.0381. The molecular weight excluding hydrogens is 200 g/mol. The normalized spacial score (nSPS) is 16.9. The highest BCUT2D eigenvalue weighted by Crippen LogP contribution is 2.28. The highest BCUT2D eigenvalue weighted by atomic mass is 16.1. The Balaban J connectivity index is 3.27. The second-order valence-corrected chi connectivity index (χ2v) is 4.70. The van der Waals surface area contributed by atoms with Crippen molar-refractivity contribution in [3.63, 3.8) is 0 Å². The first kappa shape index (κ1) is 12.6. The fraction of sp³-hybridized carbons (Fsp3) is 0.429. The molecule has 0 fully saturated rings. The minimum Gasteiger partial charge on any atom is -0.290 e. The molecule has 1 aliphatic rings. The summed E-state index contributed by atoms with van der Waals surface area (Å²) in [6.45, 7) is 11.3. The van der Waals surface area contributed by atoms with E-state index < -0.39 is 0 Å². The Morgan fingerprint density at radius 2 is 1.94 bits per heavy atom. The van der Waals surface area contributed by atoms with Crippen LogP contribution in [0.5, 0.6) is 0 Å². The van der Waals surface area contributed by atoms with Gasteiger partial charge in [0.1, 0.15) is 0 Å². The summed E-state index contributed by atoms with van der Waals surface area (Å²) >= 11 is 0. The van der Waals surface area contributed by atoms with Crippen molar-refractivity contribution < 1.29 is 9.59 Å². The van der Waals surface area contributed by atoms with Gasteiger partial charge in [0.15, 0.2) is 11.6 Å². The molecule has 16 heavy (non-hydrogen) atoms. The Morgan fingerprint density at radius 1 is 1.38 bits per heavy atom. The lowest BCUT2D eigenvalue weighted by Gasteiger charge is -2.20. The SMILES string of the molecule is C=C(C)CC1=C(C(C)C)C(=O)C(C)=CC1=O. The number of hydrogen-bond acceptors (Lipinski definition) is 2. The van der Waals surface area contributed by atoms with Crippen LogP contribution in [0.1, 0.15) is 34.1 Å². The molecule has 2 nitrogen and oxygen atoms in total. The summed E-state index contributed by atoms with van der Waals surface area (Å²) in [5.74, 6) is 0.0455. The predicted octanol–water partition coefficient (Wildman–Crippen LogP) is 3.00. The van der Waals surface area contributed by atoms with Crippen LogP contribution in [-0.2, 0) is 9.59 Å². The van der Waals surface area contributed by atoms with Gasteiger partial charge < -0.3 is 0 Å². The van der Waals surface area contributed by atoms with E-state index in [9.17, 15) is 9.59 Å². The van der Waals surface area contributed by atoms with Crippen molar-refractivity contribution in [3.05, 3.63) is 34.9 Å². The van der Waals surface area contributed by atoms with Crippen LogP contribution in [0.25, 0.3) is 0 Å². The lowest BCUT2D eigenvalue weighted by molar-refractivity contribution is -0.116. The fourth-order valence-corrected chi connectivity index (χ4v) is 1.93. The Bertz CT molecular complexity index is 420. The van der Waals surface area contributed by atoms with Crippen LogP contribution >= 0.6 is 0 Å². The summed E-state index contributed by atoms with van der Waals surface area (Å²) in [5, 5.41) is 0. The van der Waals surface area contributed by atoms with E-state index in [0.717, 1.165) is 5.57 Å². The maximum atomic E-state index is 12.0. The molecule has 0 aromatic carbocycles. The third-order valence-corrected chi connectivity index (χ3v) is 2.63. The minimum absolute atomic E-state index is 0.00542. The molecule has 0 unspecified atom stereocenters. The maximum Gasteiger partial charge on any atom is 0.185 e. The highest BCUT2D eigenvalue weighted by molar-refractivity contribution is 6.22. The van der Waals surface area contributed by atoms with Crippen molar-refractivity contribution in [1.29, 1.82) is 0 Å². The molecule has 86 valence electrons. The van der Waals surface area contributed by atoms with Crippen molar-refractivity contribution in [3.8, 4) is 0 Å². The smallest absolute Gasteiger partial charge is 0.185 e. The van der Waals surface area contributed by atoms with Gasteiger partial charge in [-0.1, -0.05) is 26.0 Å². The lowest BCUT2D eigenvalue weighted by atomic mass is 9.82. The van der Waals surface area contributed by atoms with E-state index in [4.69, 9.17) is 0 Å². The number of Topliss-reactive ketones (excluding diaryl/α,β-unsaturated/α-hetero) is 1. The molecular formula is C14H18O2. The predicted molar refractivity (Wildman–Crippen MR) is 65.1 cm³/mol. The van der Waals surface area contributed by atoms with Crippen LogP contribution in [0, 0.1) is 5.92 Å². The van der Waals surface area contributed by atoms with Crippen molar-refractivity contribution in [1.82, 2.24) is 0 Å². The number of rotatable bonds is 3. The van der Waals surface area contributed by atoms with Gasteiger partial charge >= 0.3 is 0 Å². The molecule has 0 saturated carbocycles. The summed E-state index contributed by atoms with van der Waals surface area (Å²) in [7, 11) is 0. The first-order valence-electron chi connectivity index (χ1n) is 5.49. The van der Waals surface area contributed by atoms with Crippen LogP contribution in [0.3, 0.4) is 0 Å². The van der Waals surface area contributed by atoms with E-state index in [1.165, 1.54) is 6.08 Å². The van der Waals surface area contributed by atoms with E-state index in [0.29, 0.717) is 23.1 Å². The Labute approximate surface area is 96.7 Å². The van der Waals surface area contributed by atoms with Gasteiger partial charge in [0.05, 0.1) is 0 Å². The first-order chi connectivity index (χ1) is 7.34. The number of ketones is 2. The third-order valence-electron chi connectivity index (χ3n) is 2.63. The Morgan fingerprint density at radius 3 is 2.38 bits per heavy atom. The number of hydrogen-bond donors (Lipinski definition) is 0. The molecule has 1 aliphatic carbocycles. The van der Waals surface area contributed by atoms with Gasteiger partial charge in [-0.2, -0.15) is 0 Å². The second-order valence-electron chi connectivity index (χ2n) is 4.70. The molecule has 0 aliphatic heterocycles. The first-order valence-corrected chi connectivity index (χ1v) is 5.49. The standard InChI is InChI=1S/C14H18O2/c1-8(2)6-11-12(15)7-10(5)14(16)13(11)9(3)4/h7,9H,1,6H2,2-5H3. The van der Waals surface area contributed by atoms with Gasteiger partial charge in [0, 0.05) is 16.7 Å². The van der Waals surface area contributed by atoms with Crippen LogP contribution < -0.4 is 0 Å². The molecule has 0 atom stereocenters. The summed E-state index contributed by atoms with van der Waals surface area (Å²) in [6.07, 6.45) is 1.94. The van der Waals surface area contributed by atoms with Crippen molar-refractivity contribution >= 4 is 11.6 Å². The average Bonchev–Trinajstić information content (AvgIpc) is 2.13. The number of carbonyl (C=O) groups excluding carboxylic acids is 2. The van der Waals surface area contributed by atoms with Crippen LogP contribution in [-0.4, -0.2) is 11.6 Å².